The van der Waals surface area contributed by atoms with Crippen LogP contribution in [0.2, 0.25) is 0 Å². The zero-order valence-corrected chi connectivity index (χ0v) is 12.8. The van der Waals surface area contributed by atoms with E-state index >= 15 is 0 Å². The molecule has 1 aromatic carbocycles. The van der Waals surface area contributed by atoms with Crippen LogP contribution < -0.4 is 5.32 Å². The van der Waals surface area contributed by atoms with Crippen LogP contribution in [0, 0.1) is 12.3 Å². The molecule has 5 nitrogen and oxygen atoms in total. The standard InChI is InChI=1S/C17H22N2O3/c1-12-3-5-13(6-4-12)15-9-14(22-19-15)10-17(16(20)21)7-2-8-18-11-17/h3-6,14,18H,2,7-11H2,1H3,(H,20,21)/t14-,17+/m1/s1. The number of carbonyl (C=O) groups is 1. The Morgan fingerprint density at radius 3 is 2.86 bits per heavy atom. The number of hydrogen-bond donors (Lipinski definition) is 2. The molecule has 0 spiro atoms. The Balaban J connectivity index is 1.66. The van der Waals surface area contributed by atoms with Gasteiger partial charge >= 0.3 is 5.97 Å². The molecule has 2 heterocycles. The van der Waals surface area contributed by atoms with E-state index in [1.54, 1.807) is 0 Å². The number of benzene rings is 1. The average molecular weight is 302 g/mol. The molecule has 1 aromatic rings. The van der Waals surface area contributed by atoms with Gasteiger partial charge in [0.1, 0.15) is 6.10 Å². The predicted octanol–water partition coefficient (Wildman–Crippen LogP) is 2.33. The van der Waals surface area contributed by atoms with Crippen molar-refractivity contribution in [2.45, 2.75) is 38.7 Å². The Labute approximate surface area is 130 Å². The second-order valence-corrected chi connectivity index (χ2v) is 6.41. The van der Waals surface area contributed by atoms with Gasteiger partial charge in [-0.15, -0.1) is 0 Å². The minimum Gasteiger partial charge on any atom is -0.481 e. The first-order valence-corrected chi connectivity index (χ1v) is 7.83. The monoisotopic (exact) mass is 302 g/mol. The van der Waals surface area contributed by atoms with Crippen LogP contribution in [0.4, 0.5) is 0 Å². The minimum atomic E-state index is -0.730. The summed E-state index contributed by atoms with van der Waals surface area (Å²) in [5, 5.41) is 17.0. The van der Waals surface area contributed by atoms with Crippen molar-refractivity contribution in [3.05, 3.63) is 35.4 Å². The van der Waals surface area contributed by atoms with Crippen LogP contribution in [0.3, 0.4) is 0 Å². The topological polar surface area (TPSA) is 70.9 Å². The summed E-state index contributed by atoms with van der Waals surface area (Å²) in [7, 11) is 0. The predicted molar refractivity (Wildman–Crippen MR) is 84.0 cm³/mol. The van der Waals surface area contributed by atoms with Gasteiger partial charge in [0, 0.05) is 19.4 Å². The van der Waals surface area contributed by atoms with E-state index < -0.39 is 11.4 Å². The van der Waals surface area contributed by atoms with E-state index in [4.69, 9.17) is 4.84 Å². The fraction of sp³-hybridized carbons (Fsp3) is 0.529. The highest BCUT2D eigenvalue weighted by atomic mass is 16.6. The highest BCUT2D eigenvalue weighted by molar-refractivity contribution is 6.01. The molecule has 2 atom stereocenters. The molecule has 1 saturated heterocycles. The highest BCUT2D eigenvalue weighted by Gasteiger charge is 2.43. The van der Waals surface area contributed by atoms with Crippen molar-refractivity contribution in [2.75, 3.05) is 13.1 Å². The molecule has 2 aliphatic heterocycles. The molecule has 0 unspecified atom stereocenters. The van der Waals surface area contributed by atoms with Gasteiger partial charge in [0.15, 0.2) is 0 Å². The maximum absolute atomic E-state index is 11.7. The van der Waals surface area contributed by atoms with E-state index in [1.807, 2.05) is 19.1 Å². The van der Waals surface area contributed by atoms with Gasteiger partial charge in [0.2, 0.25) is 0 Å². The van der Waals surface area contributed by atoms with Crippen LogP contribution >= 0.6 is 0 Å². The largest absolute Gasteiger partial charge is 0.481 e. The van der Waals surface area contributed by atoms with E-state index in [0.29, 0.717) is 25.8 Å². The van der Waals surface area contributed by atoms with Crippen LogP contribution in [0.1, 0.15) is 36.8 Å². The summed E-state index contributed by atoms with van der Waals surface area (Å²) in [5.74, 6) is -0.730. The molecule has 0 radical (unpaired) electrons. The number of rotatable bonds is 4. The lowest BCUT2D eigenvalue weighted by molar-refractivity contribution is -0.152. The van der Waals surface area contributed by atoms with Gasteiger partial charge in [-0.25, -0.2) is 0 Å². The number of aryl methyl sites for hydroxylation is 1. The summed E-state index contributed by atoms with van der Waals surface area (Å²) in [6, 6.07) is 8.17. The molecule has 2 aliphatic rings. The van der Waals surface area contributed by atoms with Gasteiger partial charge in [-0.3, -0.25) is 4.79 Å². The van der Waals surface area contributed by atoms with Gasteiger partial charge in [0.25, 0.3) is 0 Å². The maximum Gasteiger partial charge on any atom is 0.311 e. The van der Waals surface area contributed by atoms with Crippen molar-refractivity contribution in [3.8, 4) is 0 Å². The Kier molecular flexibility index (Phi) is 4.16. The smallest absolute Gasteiger partial charge is 0.311 e. The third-order valence-electron chi connectivity index (χ3n) is 4.66. The molecule has 0 aliphatic carbocycles. The number of aliphatic carboxylic acids is 1. The zero-order valence-electron chi connectivity index (χ0n) is 12.8. The van der Waals surface area contributed by atoms with E-state index in [0.717, 1.165) is 24.2 Å². The molecule has 5 heteroatoms. The number of carboxylic acids is 1. The molecule has 0 aromatic heterocycles. The van der Waals surface area contributed by atoms with Gasteiger partial charge in [-0.2, -0.15) is 0 Å². The number of oxime groups is 1. The molecule has 0 amide bonds. The second-order valence-electron chi connectivity index (χ2n) is 6.41. The molecular formula is C17H22N2O3. The van der Waals surface area contributed by atoms with E-state index in [1.165, 1.54) is 5.56 Å². The van der Waals surface area contributed by atoms with Gasteiger partial charge in [-0.1, -0.05) is 35.0 Å². The summed E-state index contributed by atoms with van der Waals surface area (Å²) in [5.41, 5.74) is 2.45. The summed E-state index contributed by atoms with van der Waals surface area (Å²) >= 11 is 0. The maximum atomic E-state index is 11.7. The summed E-state index contributed by atoms with van der Waals surface area (Å²) in [6.07, 6.45) is 2.64. The van der Waals surface area contributed by atoms with Gasteiger partial charge in [-0.05, 0) is 31.9 Å². The molecule has 22 heavy (non-hydrogen) atoms. The lowest BCUT2D eigenvalue weighted by Crippen LogP contribution is -2.47. The first-order valence-electron chi connectivity index (χ1n) is 7.83. The van der Waals surface area contributed by atoms with Crippen LogP contribution in [0.5, 0.6) is 0 Å². The fourth-order valence-corrected chi connectivity index (χ4v) is 3.30. The van der Waals surface area contributed by atoms with Crippen molar-refractivity contribution in [2.24, 2.45) is 10.6 Å². The van der Waals surface area contributed by atoms with E-state index in [2.05, 4.69) is 22.6 Å². The molecule has 2 N–H and O–H groups in total. The Hall–Kier alpha value is -1.88. The van der Waals surface area contributed by atoms with Crippen molar-refractivity contribution >= 4 is 11.7 Å². The molecule has 118 valence electrons. The average Bonchev–Trinajstić information content (AvgIpc) is 2.97. The highest BCUT2D eigenvalue weighted by Crippen LogP contribution is 2.35. The number of piperidine rings is 1. The van der Waals surface area contributed by atoms with Crippen molar-refractivity contribution in [1.82, 2.24) is 5.32 Å². The first-order chi connectivity index (χ1) is 10.6. The molecule has 1 fully saturated rings. The zero-order chi connectivity index (χ0) is 15.6. The third-order valence-corrected chi connectivity index (χ3v) is 4.66. The number of nitrogens with one attached hydrogen (secondary N) is 1. The molecular weight excluding hydrogens is 280 g/mol. The summed E-state index contributed by atoms with van der Waals surface area (Å²) < 4.78 is 0. The van der Waals surface area contributed by atoms with Crippen LogP contribution in [0.15, 0.2) is 29.4 Å². The molecule has 0 bridgehead atoms. The van der Waals surface area contributed by atoms with Crippen LogP contribution in [-0.4, -0.2) is 36.0 Å². The SMILES string of the molecule is Cc1ccc(C2=NO[C@@H](C[C@@]3(C(=O)O)CCCNC3)C2)cc1. The Bertz CT molecular complexity index is 574. The van der Waals surface area contributed by atoms with Crippen LogP contribution in [-0.2, 0) is 9.63 Å². The Morgan fingerprint density at radius 1 is 1.45 bits per heavy atom. The van der Waals surface area contributed by atoms with Gasteiger partial charge in [0.05, 0.1) is 11.1 Å². The lowest BCUT2D eigenvalue weighted by atomic mass is 9.75. The molecule has 0 saturated carbocycles. The Morgan fingerprint density at radius 2 is 2.23 bits per heavy atom. The van der Waals surface area contributed by atoms with Crippen LogP contribution in [0.25, 0.3) is 0 Å². The van der Waals surface area contributed by atoms with Crippen molar-refractivity contribution in [3.63, 3.8) is 0 Å². The summed E-state index contributed by atoms with van der Waals surface area (Å²) in [4.78, 5) is 17.2. The van der Waals surface area contributed by atoms with Crippen molar-refractivity contribution < 1.29 is 14.7 Å². The van der Waals surface area contributed by atoms with Crippen molar-refractivity contribution in [1.29, 1.82) is 0 Å². The molecule has 3 rings (SSSR count). The quantitative estimate of drug-likeness (QED) is 0.895. The lowest BCUT2D eigenvalue weighted by Gasteiger charge is -2.34. The summed E-state index contributed by atoms with van der Waals surface area (Å²) in [6.45, 7) is 3.46. The number of carboxylic acid groups (broad SMARTS) is 1. The number of nitrogens with zero attached hydrogens (tertiary/aromatic N) is 1. The van der Waals surface area contributed by atoms with Gasteiger partial charge < -0.3 is 15.3 Å². The first kappa shape index (κ1) is 15.0. The minimum absolute atomic E-state index is 0.146. The van der Waals surface area contributed by atoms with E-state index in [9.17, 15) is 9.90 Å². The fourth-order valence-electron chi connectivity index (χ4n) is 3.30. The number of hydrogen-bond acceptors (Lipinski definition) is 4. The second kappa shape index (κ2) is 6.08. The third kappa shape index (κ3) is 2.99. The normalized spacial score (nSPS) is 28.0. The van der Waals surface area contributed by atoms with E-state index in [-0.39, 0.29) is 6.10 Å².